The van der Waals surface area contributed by atoms with Gasteiger partial charge < -0.3 is 14.5 Å². The predicted molar refractivity (Wildman–Crippen MR) is 99.7 cm³/mol. The SMILES string of the molecule is COc1ccccc1-c1nnc(CCC(=O)Nc2cc(Cl)ccc2Cl)o1. The van der Waals surface area contributed by atoms with E-state index in [4.69, 9.17) is 32.4 Å². The second-order valence-corrected chi connectivity index (χ2v) is 6.22. The van der Waals surface area contributed by atoms with Crippen LogP contribution in [0.25, 0.3) is 11.5 Å². The van der Waals surface area contributed by atoms with Crippen LogP contribution < -0.4 is 10.1 Å². The minimum Gasteiger partial charge on any atom is -0.496 e. The number of carbonyl (C=O) groups is 1. The number of nitrogens with one attached hydrogen (secondary N) is 1. The van der Waals surface area contributed by atoms with E-state index in [0.29, 0.717) is 45.2 Å². The fourth-order valence-corrected chi connectivity index (χ4v) is 2.65. The molecule has 0 aliphatic carbocycles. The summed E-state index contributed by atoms with van der Waals surface area (Å²) in [7, 11) is 1.57. The second kappa shape index (κ2) is 8.21. The molecule has 0 fully saturated rings. The Labute approximate surface area is 160 Å². The van der Waals surface area contributed by atoms with Gasteiger partial charge in [-0.05, 0) is 30.3 Å². The van der Waals surface area contributed by atoms with Gasteiger partial charge in [0.1, 0.15) is 5.75 Å². The minimum absolute atomic E-state index is 0.163. The van der Waals surface area contributed by atoms with Crippen LogP contribution in [0.5, 0.6) is 5.75 Å². The Kier molecular flexibility index (Phi) is 5.75. The fourth-order valence-electron chi connectivity index (χ4n) is 2.31. The molecule has 26 heavy (non-hydrogen) atoms. The number of aromatic nitrogens is 2. The van der Waals surface area contributed by atoms with Gasteiger partial charge in [0, 0.05) is 17.9 Å². The molecule has 0 unspecified atom stereocenters. The molecule has 6 nitrogen and oxygen atoms in total. The van der Waals surface area contributed by atoms with E-state index < -0.39 is 0 Å². The highest BCUT2D eigenvalue weighted by Gasteiger charge is 2.14. The van der Waals surface area contributed by atoms with Crippen LogP contribution in [0.4, 0.5) is 5.69 Å². The van der Waals surface area contributed by atoms with Gasteiger partial charge in [-0.15, -0.1) is 10.2 Å². The zero-order valence-corrected chi connectivity index (χ0v) is 15.3. The maximum atomic E-state index is 12.1. The summed E-state index contributed by atoms with van der Waals surface area (Å²) in [5.74, 6) is 1.11. The molecular formula is C18H15Cl2N3O3. The third kappa shape index (κ3) is 4.33. The number of benzene rings is 2. The monoisotopic (exact) mass is 391 g/mol. The molecule has 0 aliphatic heterocycles. The zero-order chi connectivity index (χ0) is 18.5. The number of halogens is 2. The van der Waals surface area contributed by atoms with Gasteiger partial charge >= 0.3 is 0 Å². The van der Waals surface area contributed by atoms with Crippen molar-refractivity contribution < 1.29 is 13.9 Å². The Morgan fingerprint density at radius 2 is 2.00 bits per heavy atom. The van der Waals surface area contributed by atoms with Gasteiger partial charge in [-0.2, -0.15) is 0 Å². The molecule has 0 bridgehead atoms. The number of amides is 1. The van der Waals surface area contributed by atoms with E-state index in [1.165, 1.54) is 0 Å². The second-order valence-electron chi connectivity index (χ2n) is 5.37. The fraction of sp³-hybridized carbons (Fsp3) is 0.167. The number of hydrogen-bond donors (Lipinski definition) is 1. The molecule has 1 heterocycles. The average molecular weight is 392 g/mol. The standard InChI is InChI=1S/C18H15Cl2N3O3/c1-25-15-5-3-2-4-12(15)18-23-22-17(26-18)9-8-16(24)21-14-10-11(19)6-7-13(14)20/h2-7,10H,8-9H2,1H3,(H,21,24). The van der Waals surface area contributed by atoms with Crippen molar-refractivity contribution in [3.8, 4) is 17.2 Å². The topological polar surface area (TPSA) is 77.2 Å². The van der Waals surface area contributed by atoms with E-state index in [9.17, 15) is 4.79 Å². The highest BCUT2D eigenvalue weighted by atomic mass is 35.5. The maximum absolute atomic E-state index is 12.1. The molecule has 1 aromatic heterocycles. The lowest BCUT2D eigenvalue weighted by Gasteiger charge is -2.06. The summed E-state index contributed by atoms with van der Waals surface area (Å²) < 4.78 is 10.9. The maximum Gasteiger partial charge on any atom is 0.251 e. The molecule has 3 aromatic rings. The largest absolute Gasteiger partial charge is 0.496 e. The van der Waals surface area contributed by atoms with Gasteiger partial charge in [0.15, 0.2) is 0 Å². The summed E-state index contributed by atoms with van der Waals surface area (Å²) in [6, 6.07) is 12.2. The third-order valence-corrected chi connectivity index (χ3v) is 4.14. The third-order valence-electron chi connectivity index (χ3n) is 3.57. The average Bonchev–Trinajstić information content (AvgIpc) is 3.12. The summed E-state index contributed by atoms with van der Waals surface area (Å²) in [6.07, 6.45) is 0.461. The molecule has 0 radical (unpaired) electrons. The molecule has 0 saturated heterocycles. The highest BCUT2D eigenvalue weighted by molar-refractivity contribution is 6.35. The molecule has 0 saturated carbocycles. The number of carbonyl (C=O) groups excluding carboxylic acids is 1. The molecule has 2 aromatic carbocycles. The van der Waals surface area contributed by atoms with Crippen molar-refractivity contribution in [2.75, 3.05) is 12.4 Å². The molecule has 8 heteroatoms. The van der Waals surface area contributed by atoms with Crippen LogP contribution in [0.3, 0.4) is 0 Å². The summed E-state index contributed by atoms with van der Waals surface area (Å²) in [5.41, 5.74) is 1.16. The first-order chi connectivity index (χ1) is 12.6. The Bertz CT molecular complexity index is 928. The first kappa shape index (κ1) is 18.2. The minimum atomic E-state index is -0.230. The Morgan fingerprint density at radius 1 is 1.19 bits per heavy atom. The Balaban J connectivity index is 1.63. The van der Waals surface area contributed by atoms with Crippen molar-refractivity contribution in [3.63, 3.8) is 0 Å². The number of para-hydroxylation sites is 1. The molecule has 0 atom stereocenters. The lowest BCUT2D eigenvalue weighted by atomic mass is 10.2. The summed E-state index contributed by atoms with van der Waals surface area (Å²) in [6.45, 7) is 0. The smallest absolute Gasteiger partial charge is 0.251 e. The highest BCUT2D eigenvalue weighted by Crippen LogP contribution is 2.29. The van der Waals surface area contributed by atoms with E-state index in [0.717, 1.165) is 0 Å². The number of rotatable bonds is 6. The summed E-state index contributed by atoms with van der Waals surface area (Å²) in [5, 5.41) is 11.6. The number of methoxy groups -OCH3 is 1. The van der Waals surface area contributed by atoms with Crippen LogP contribution in [-0.4, -0.2) is 23.2 Å². The van der Waals surface area contributed by atoms with Gasteiger partial charge in [0.2, 0.25) is 11.8 Å². The molecule has 1 amide bonds. The molecule has 134 valence electrons. The lowest BCUT2D eigenvalue weighted by molar-refractivity contribution is -0.116. The van der Waals surface area contributed by atoms with Gasteiger partial charge in [0.25, 0.3) is 5.89 Å². The van der Waals surface area contributed by atoms with Crippen molar-refractivity contribution in [3.05, 3.63) is 58.4 Å². The van der Waals surface area contributed by atoms with Crippen LogP contribution >= 0.6 is 23.2 Å². The van der Waals surface area contributed by atoms with Gasteiger partial charge in [-0.1, -0.05) is 35.3 Å². The quantitative estimate of drug-likeness (QED) is 0.662. The first-order valence-corrected chi connectivity index (χ1v) is 8.53. The van der Waals surface area contributed by atoms with Gasteiger partial charge in [-0.3, -0.25) is 4.79 Å². The van der Waals surface area contributed by atoms with Crippen LogP contribution in [0, 0.1) is 0 Å². The van der Waals surface area contributed by atoms with Gasteiger partial charge in [-0.25, -0.2) is 0 Å². The van der Waals surface area contributed by atoms with Crippen molar-refractivity contribution in [1.82, 2.24) is 10.2 Å². The molecular weight excluding hydrogens is 377 g/mol. The van der Waals surface area contributed by atoms with Crippen LogP contribution in [0.15, 0.2) is 46.9 Å². The van der Waals surface area contributed by atoms with Gasteiger partial charge in [0.05, 0.1) is 23.4 Å². The first-order valence-electron chi connectivity index (χ1n) is 7.77. The zero-order valence-electron chi connectivity index (χ0n) is 13.8. The van der Waals surface area contributed by atoms with E-state index in [1.807, 2.05) is 18.2 Å². The Morgan fingerprint density at radius 3 is 2.81 bits per heavy atom. The number of nitrogens with zero attached hydrogens (tertiary/aromatic N) is 2. The van der Waals surface area contributed by atoms with Crippen molar-refractivity contribution in [2.24, 2.45) is 0 Å². The number of hydrogen-bond acceptors (Lipinski definition) is 5. The lowest BCUT2D eigenvalue weighted by Crippen LogP contribution is -2.12. The molecule has 0 spiro atoms. The van der Waals surface area contributed by atoms with E-state index in [2.05, 4.69) is 15.5 Å². The summed E-state index contributed by atoms with van der Waals surface area (Å²) >= 11 is 11.9. The van der Waals surface area contributed by atoms with Crippen molar-refractivity contribution in [1.29, 1.82) is 0 Å². The number of ether oxygens (including phenoxy) is 1. The van der Waals surface area contributed by atoms with E-state index in [1.54, 1.807) is 31.4 Å². The number of anilines is 1. The van der Waals surface area contributed by atoms with Crippen LogP contribution in [0.2, 0.25) is 10.0 Å². The predicted octanol–water partition coefficient (Wildman–Crippen LogP) is 4.62. The molecule has 3 rings (SSSR count). The molecule has 0 aliphatic rings. The van der Waals surface area contributed by atoms with E-state index >= 15 is 0 Å². The molecule has 1 N–H and O–H groups in total. The van der Waals surface area contributed by atoms with Crippen LogP contribution in [-0.2, 0) is 11.2 Å². The van der Waals surface area contributed by atoms with Crippen molar-refractivity contribution >= 4 is 34.8 Å². The summed E-state index contributed by atoms with van der Waals surface area (Å²) in [4.78, 5) is 12.1. The number of aryl methyl sites for hydroxylation is 1. The van der Waals surface area contributed by atoms with Crippen LogP contribution in [0.1, 0.15) is 12.3 Å². The Hall–Kier alpha value is -2.57. The van der Waals surface area contributed by atoms with Crippen molar-refractivity contribution in [2.45, 2.75) is 12.8 Å². The normalized spacial score (nSPS) is 10.6. The van der Waals surface area contributed by atoms with E-state index in [-0.39, 0.29) is 12.3 Å².